The van der Waals surface area contributed by atoms with Crippen LogP contribution in [0.5, 0.6) is 0 Å². The SMILES string of the molecule is CCCNC(C)(CSCCOC)C(=O)OC. The van der Waals surface area contributed by atoms with Crippen LogP contribution in [0.1, 0.15) is 20.3 Å². The maximum Gasteiger partial charge on any atom is 0.326 e. The molecule has 0 fully saturated rings. The minimum absolute atomic E-state index is 0.203. The average molecular weight is 249 g/mol. The van der Waals surface area contributed by atoms with Crippen molar-refractivity contribution < 1.29 is 14.3 Å². The second-order valence-corrected chi connectivity index (χ2v) is 4.90. The lowest BCUT2D eigenvalue weighted by Gasteiger charge is -2.27. The molecule has 0 aliphatic rings. The molecule has 0 bridgehead atoms. The zero-order valence-corrected chi connectivity index (χ0v) is 11.5. The molecule has 0 aromatic rings. The molecular weight excluding hydrogens is 226 g/mol. The highest BCUT2D eigenvalue weighted by atomic mass is 32.2. The quantitative estimate of drug-likeness (QED) is 0.493. The zero-order chi connectivity index (χ0) is 12.4. The van der Waals surface area contributed by atoms with Crippen molar-refractivity contribution in [3.05, 3.63) is 0 Å². The smallest absolute Gasteiger partial charge is 0.326 e. The van der Waals surface area contributed by atoms with Gasteiger partial charge in [0.25, 0.3) is 0 Å². The van der Waals surface area contributed by atoms with Gasteiger partial charge >= 0.3 is 5.97 Å². The summed E-state index contributed by atoms with van der Waals surface area (Å²) >= 11 is 1.69. The number of esters is 1. The van der Waals surface area contributed by atoms with Crippen molar-refractivity contribution in [2.45, 2.75) is 25.8 Å². The van der Waals surface area contributed by atoms with E-state index in [-0.39, 0.29) is 5.97 Å². The Labute approximate surface area is 102 Å². The predicted octanol–water partition coefficient (Wildman–Crippen LogP) is 1.30. The maximum absolute atomic E-state index is 11.7. The number of hydrogen-bond acceptors (Lipinski definition) is 5. The second kappa shape index (κ2) is 8.84. The molecule has 4 nitrogen and oxygen atoms in total. The molecule has 0 radical (unpaired) electrons. The first-order valence-corrected chi connectivity index (χ1v) is 6.66. The molecule has 0 saturated heterocycles. The summed E-state index contributed by atoms with van der Waals surface area (Å²) in [6.07, 6.45) is 0.995. The number of carbonyl (C=O) groups excluding carboxylic acids is 1. The zero-order valence-electron chi connectivity index (χ0n) is 10.7. The Morgan fingerprint density at radius 2 is 2.12 bits per heavy atom. The molecule has 0 aromatic heterocycles. The fourth-order valence-corrected chi connectivity index (χ4v) is 2.28. The molecule has 96 valence electrons. The van der Waals surface area contributed by atoms with E-state index in [9.17, 15) is 4.79 Å². The lowest BCUT2D eigenvalue weighted by Crippen LogP contribution is -2.52. The van der Waals surface area contributed by atoms with Crippen LogP contribution in [0.25, 0.3) is 0 Å². The van der Waals surface area contributed by atoms with Crippen molar-refractivity contribution in [3.8, 4) is 0 Å². The van der Waals surface area contributed by atoms with E-state index in [2.05, 4.69) is 12.2 Å². The highest BCUT2D eigenvalue weighted by molar-refractivity contribution is 7.99. The van der Waals surface area contributed by atoms with Gasteiger partial charge in [-0.1, -0.05) is 6.92 Å². The van der Waals surface area contributed by atoms with Crippen LogP contribution in [0.3, 0.4) is 0 Å². The summed E-state index contributed by atoms with van der Waals surface area (Å²) in [7, 11) is 3.10. The number of thioether (sulfide) groups is 1. The van der Waals surface area contributed by atoms with Crippen molar-refractivity contribution in [1.29, 1.82) is 0 Å². The van der Waals surface area contributed by atoms with Gasteiger partial charge in [-0.25, -0.2) is 0 Å². The minimum atomic E-state index is -0.594. The second-order valence-electron chi connectivity index (χ2n) is 3.80. The van der Waals surface area contributed by atoms with Crippen molar-refractivity contribution in [1.82, 2.24) is 5.32 Å². The number of carbonyl (C=O) groups is 1. The van der Waals surface area contributed by atoms with Crippen LogP contribution in [-0.4, -0.2) is 50.4 Å². The lowest BCUT2D eigenvalue weighted by atomic mass is 10.1. The average Bonchev–Trinajstić information content (AvgIpc) is 2.31. The maximum atomic E-state index is 11.7. The summed E-state index contributed by atoms with van der Waals surface area (Å²) in [5.41, 5.74) is -0.594. The molecule has 0 heterocycles. The van der Waals surface area contributed by atoms with E-state index in [4.69, 9.17) is 9.47 Å². The van der Waals surface area contributed by atoms with E-state index in [0.29, 0.717) is 12.4 Å². The minimum Gasteiger partial charge on any atom is -0.468 e. The van der Waals surface area contributed by atoms with E-state index in [1.807, 2.05) is 6.92 Å². The van der Waals surface area contributed by atoms with Gasteiger partial charge in [0.15, 0.2) is 0 Å². The van der Waals surface area contributed by atoms with Crippen LogP contribution in [0.15, 0.2) is 0 Å². The largest absolute Gasteiger partial charge is 0.468 e. The molecule has 0 amide bonds. The molecule has 0 saturated carbocycles. The van der Waals surface area contributed by atoms with Gasteiger partial charge in [-0.15, -0.1) is 0 Å². The molecule has 1 unspecified atom stereocenters. The number of nitrogens with one attached hydrogen (secondary N) is 1. The lowest BCUT2D eigenvalue weighted by molar-refractivity contribution is -0.146. The van der Waals surface area contributed by atoms with Crippen molar-refractivity contribution >= 4 is 17.7 Å². The van der Waals surface area contributed by atoms with E-state index < -0.39 is 5.54 Å². The molecule has 0 rings (SSSR count). The highest BCUT2D eigenvalue weighted by Crippen LogP contribution is 2.15. The summed E-state index contributed by atoms with van der Waals surface area (Å²) in [6.45, 7) is 5.48. The van der Waals surface area contributed by atoms with Crippen molar-refractivity contribution in [3.63, 3.8) is 0 Å². The molecule has 16 heavy (non-hydrogen) atoms. The summed E-state index contributed by atoms with van der Waals surface area (Å²) in [4.78, 5) is 11.7. The van der Waals surface area contributed by atoms with Crippen LogP contribution in [-0.2, 0) is 14.3 Å². The Morgan fingerprint density at radius 3 is 2.62 bits per heavy atom. The van der Waals surface area contributed by atoms with Gasteiger partial charge in [-0.2, -0.15) is 11.8 Å². The van der Waals surface area contributed by atoms with Crippen LogP contribution in [0, 0.1) is 0 Å². The Kier molecular flexibility index (Phi) is 8.70. The highest BCUT2D eigenvalue weighted by Gasteiger charge is 2.33. The van der Waals surface area contributed by atoms with E-state index in [1.54, 1.807) is 18.9 Å². The van der Waals surface area contributed by atoms with E-state index in [0.717, 1.165) is 18.7 Å². The predicted molar refractivity (Wildman–Crippen MR) is 67.9 cm³/mol. The summed E-state index contributed by atoms with van der Waals surface area (Å²) in [6, 6.07) is 0. The van der Waals surface area contributed by atoms with Gasteiger partial charge in [-0.05, 0) is 19.9 Å². The molecule has 1 atom stereocenters. The molecule has 0 aliphatic heterocycles. The van der Waals surface area contributed by atoms with Gasteiger partial charge in [0.1, 0.15) is 5.54 Å². The number of hydrogen-bond donors (Lipinski definition) is 1. The summed E-state index contributed by atoms with van der Waals surface area (Å²) in [5, 5.41) is 3.24. The first kappa shape index (κ1) is 15.7. The first-order chi connectivity index (χ1) is 7.60. The standard InChI is InChI=1S/C11H23NO3S/c1-5-6-12-11(2,10(13)15-4)9-16-8-7-14-3/h12H,5-9H2,1-4H3. The molecule has 5 heteroatoms. The summed E-state index contributed by atoms with van der Waals surface area (Å²) in [5.74, 6) is 1.38. The van der Waals surface area contributed by atoms with Gasteiger partial charge in [0, 0.05) is 18.6 Å². The molecule has 0 aromatic carbocycles. The number of methoxy groups -OCH3 is 2. The monoisotopic (exact) mass is 249 g/mol. The fraction of sp³-hybridized carbons (Fsp3) is 0.909. The van der Waals surface area contributed by atoms with Crippen LogP contribution in [0.4, 0.5) is 0 Å². The van der Waals surface area contributed by atoms with E-state index >= 15 is 0 Å². The van der Waals surface area contributed by atoms with Gasteiger partial charge in [-0.3, -0.25) is 4.79 Å². The Bertz CT molecular complexity index is 202. The van der Waals surface area contributed by atoms with Crippen molar-refractivity contribution in [2.24, 2.45) is 0 Å². The third kappa shape index (κ3) is 5.72. The topological polar surface area (TPSA) is 47.6 Å². The van der Waals surface area contributed by atoms with Crippen molar-refractivity contribution in [2.75, 3.05) is 38.9 Å². The Balaban J connectivity index is 4.13. The molecular formula is C11H23NO3S. The number of ether oxygens (including phenoxy) is 2. The van der Waals surface area contributed by atoms with Gasteiger partial charge < -0.3 is 14.8 Å². The Morgan fingerprint density at radius 1 is 1.44 bits per heavy atom. The molecule has 1 N–H and O–H groups in total. The van der Waals surface area contributed by atoms with Gasteiger partial charge in [0.2, 0.25) is 0 Å². The van der Waals surface area contributed by atoms with Crippen LogP contribution < -0.4 is 5.32 Å². The van der Waals surface area contributed by atoms with Crippen LogP contribution in [0.2, 0.25) is 0 Å². The molecule has 0 spiro atoms. The van der Waals surface area contributed by atoms with Crippen LogP contribution >= 0.6 is 11.8 Å². The molecule has 0 aliphatic carbocycles. The Hall–Kier alpha value is -0.260. The normalized spacial score (nSPS) is 14.5. The fourth-order valence-electron chi connectivity index (χ4n) is 1.23. The van der Waals surface area contributed by atoms with Gasteiger partial charge in [0.05, 0.1) is 13.7 Å². The number of rotatable bonds is 9. The third-order valence-corrected chi connectivity index (χ3v) is 3.46. The third-order valence-electron chi connectivity index (χ3n) is 2.22. The van der Waals surface area contributed by atoms with E-state index in [1.165, 1.54) is 7.11 Å². The first-order valence-electron chi connectivity index (χ1n) is 5.50. The summed E-state index contributed by atoms with van der Waals surface area (Å²) < 4.78 is 9.79.